The first kappa shape index (κ1) is 13.4. The first-order valence-corrected chi connectivity index (χ1v) is 7.50. The van der Waals surface area contributed by atoms with E-state index < -0.39 is 0 Å². The van der Waals surface area contributed by atoms with Crippen molar-refractivity contribution < 1.29 is 9.53 Å². The third kappa shape index (κ3) is 2.96. The maximum absolute atomic E-state index is 12.2. The van der Waals surface area contributed by atoms with Gasteiger partial charge in [-0.15, -0.1) is 0 Å². The molecule has 1 fully saturated rings. The number of hydrogen-bond acceptors (Lipinski definition) is 3. The van der Waals surface area contributed by atoms with Crippen molar-refractivity contribution in [3.63, 3.8) is 0 Å². The highest BCUT2D eigenvalue weighted by Gasteiger charge is 2.27. The number of amides is 1. The maximum Gasteiger partial charge on any atom is 0.223 e. The molecule has 0 radical (unpaired) electrons. The Morgan fingerprint density at radius 3 is 3.00 bits per heavy atom. The summed E-state index contributed by atoms with van der Waals surface area (Å²) >= 11 is 0. The Labute approximate surface area is 119 Å². The van der Waals surface area contributed by atoms with Crippen molar-refractivity contribution in [1.29, 1.82) is 0 Å². The van der Waals surface area contributed by atoms with E-state index in [4.69, 9.17) is 10.5 Å². The number of para-hydroxylation sites is 1. The van der Waals surface area contributed by atoms with Gasteiger partial charge in [-0.3, -0.25) is 4.79 Å². The molecular weight excluding hydrogens is 252 g/mol. The van der Waals surface area contributed by atoms with Crippen LogP contribution in [-0.4, -0.2) is 24.6 Å². The molecule has 0 spiro atoms. The second kappa shape index (κ2) is 5.83. The quantitative estimate of drug-likeness (QED) is 0.880. The van der Waals surface area contributed by atoms with Gasteiger partial charge in [-0.2, -0.15) is 0 Å². The minimum absolute atomic E-state index is 0.0635. The molecule has 3 N–H and O–H groups in total. The molecule has 1 aliphatic heterocycles. The Kier molecular flexibility index (Phi) is 3.92. The lowest BCUT2D eigenvalue weighted by molar-refractivity contribution is -0.126. The number of hydrogen-bond donors (Lipinski definition) is 2. The number of fused-ring (bicyclic) bond motifs is 1. The third-order valence-electron chi connectivity index (χ3n) is 4.30. The third-order valence-corrected chi connectivity index (χ3v) is 4.30. The van der Waals surface area contributed by atoms with Crippen molar-refractivity contribution in [3.8, 4) is 5.75 Å². The molecule has 2 aliphatic rings. The lowest BCUT2D eigenvalue weighted by atomic mass is 9.85. The van der Waals surface area contributed by atoms with E-state index in [1.54, 1.807) is 0 Å². The Morgan fingerprint density at radius 2 is 2.20 bits per heavy atom. The Bertz CT molecular complexity index is 464. The molecule has 4 nitrogen and oxygen atoms in total. The lowest BCUT2D eigenvalue weighted by Crippen LogP contribution is -2.41. The Hall–Kier alpha value is -1.55. The molecule has 3 unspecified atom stereocenters. The molecule has 0 saturated heterocycles. The first-order chi connectivity index (χ1) is 9.72. The zero-order valence-electron chi connectivity index (χ0n) is 11.7. The fourth-order valence-corrected chi connectivity index (χ4v) is 3.19. The van der Waals surface area contributed by atoms with Gasteiger partial charge in [-0.25, -0.2) is 0 Å². The highest BCUT2D eigenvalue weighted by atomic mass is 16.5. The predicted molar refractivity (Wildman–Crippen MR) is 77.5 cm³/mol. The van der Waals surface area contributed by atoms with Crippen LogP contribution in [0.15, 0.2) is 24.3 Å². The monoisotopic (exact) mass is 274 g/mol. The van der Waals surface area contributed by atoms with Gasteiger partial charge in [0.2, 0.25) is 5.91 Å². The lowest BCUT2D eigenvalue weighted by Gasteiger charge is -2.26. The summed E-state index contributed by atoms with van der Waals surface area (Å²) in [5.41, 5.74) is 7.16. The zero-order valence-corrected chi connectivity index (χ0v) is 11.7. The summed E-state index contributed by atoms with van der Waals surface area (Å²) in [4.78, 5) is 12.2. The number of carbonyl (C=O) groups excluding carboxylic acids is 1. The molecule has 1 aromatic carbocycles. The summed E-state index contributed by atoms with van der Waals surface area (Å²) in [6, 6.07) is 8.25. The second-order valence-electron chi connectivity index (χ2n) is 5.92. The van der Waals surface area contributed by atoms with Gasteiger partial charge >= 0.3 is 0 Å². The molecule has 108 valence electrons. The van der Waals surface area contributed by atoms with E-state index in [9.17, 15) is 4.79 Å². The van der Waals surface area contributed by atoms with Gasteiger partial charge in [0.05, 0.1) is 6.54 Å². The summed E-state index contributed by atoms with van der Waals surface area (Å²) in [7, 11) is 0. The number of nitrogens with two attached hydrogens (primary N) is 1. The molecule has 1 saturated carbocycles. The number of nitrogens with one attached hydrogen (secondary N) is 1. The summed E-state index contributed by atoms with van der Waals surface area (Å²) in [6.07, 6.45) is 4.83. The van der Waals surface area contributed by atoms with Gasteiger partial charge in [0.15, 0.2) is 0 Å². The van der Waals surface area contributed by atoms with E-state index in [1.807, 2.05) is 18.2 Å². The fourth-order valence-electron chi connectivity index (χ4n) is 3.19. The molecule has 20 heavy (non-hydrogen) atoms. The summed E-state index contributed by atoms with van der Waals surface area (Å²) < 4.78 is 5.83. The summed E-state index contributed by atoms with van der Waals surface area (Å²) in [6.45, 7) is 0.583. The largest absolute Gasteiger partial charge is 0.488 e. The topological polar surface area (TPSA) is 64.4 Å². The highest BCUT2D eigenvalue weighted by Crippen LogP contribution is 2.28. The Balaban J connectivity index is 1.47. The molecule has 0 aromatic heterocycles. The molecule has 1 aromatic rings. The molecular formula is C16H22N2O2. The smallest absolute Gasteiger partial charge is 0.223 e. The molecule has 3 atom stereocenters. The first-order valence-electron chi connectivity index (χ1n) is 7.50. The average Bonchev–Trinajstić information content (AvgIpc) is 2.87. The highest BCUT2D eigenvalue weighted by molar-refractivity contribution is 5.78. The molecule has 1 amide bonds. The summed E-state index contributed by atoms with van der Waals surface area (Å²) in [5, 5.41) is 3.03. The van der Waals surface area contributed by atoms with Crippen LogP contribution in [0.4, 0.5) is 0 Å². The number of ether oxygens (including phenoxy) is 1. The van der Waals surface area contributed by atoms with Gasteiger partial charge < -0.3 is 15.8 Å². The van der Waals surface area contributed by atoms with E-state index >= 15 is 0 Å². The van der Waals surface area contributed by atoms with Crippen molar-refractivity contribution in [2.75, 3.05) is 6.54 Å². The van der Waals surface area contributed by atoms with Crippen LogP contribution in [0.25, 0.3) is 0 Å². The number of benzene rings is 1. The van der Waals surface area contributed by atoms with E-state index in [-0.39, 0.29) is 24.0 Å². The minimum atomic E-state index is 0.0635. The van der Waals surface area contributed by atoms with Crippen LogP contribution >= 0.6 is 0 Å². The molecule has 0 bridgehead atoms. The van der Waals surface area contributed by atoms with Gasteiger partial charge in [0.1, 0.15) is 11.9 Å². The van der Waals surface area contributed by atoms with Crippen LogP contribution in [0, 0.1) is 5.92 Å². The van der Waals surface area contributed by atoms with Crippen LogP contribution in [-0.2, 0) is 11.2 Å². The normalized spacial score (nSPS) is 28.6. The van der Waals surface area contributed by atoms with Crippen LogP contribution < -0.4 is 15.8 Å². The standard InChI is InChI=1S/C16H22N2O2/c17-13-6-3-5-12(8-13)16(19)18-10-14-9-11-4-1-2-7-15(11)20-14/h1-2,4,7,12-14H,3,5-6,8-10,17H2,(H,18,19). The van der Waals surface area contributed by atoms with Crippen molar-refractivity contribution in [1.82, 2.24) is 5.32 Å². The van der Waals surface area contributed by atoms with Gasteiger partial charge in [-0.05, 0) is 30.9 Å². The molecule has 4 heteroatoms. The van der Waals surface area contributed by atoms with Gasteiger partial charge in [0, 0.05) is 18.4 Å². The predicted octanol–water partition coefficient (Wildman–Crippen LogP) is 1.62. The SMILES string of the molecule is NC1CCCC(C(=O)NCC2Cc3ccccc3O2)C1. The molecule has 1 aliphatic carbocycles. The van der Waals surface area contributed by atoms with Crippen LogP contribution in [0.2, 0.25) is 0 Å². The van der Waals surface area contributed by atoms with E-state index in [0.717, 1.165) is 37.9 Å². The minimum Gasteiger partial charge on any atom is -0.488 e. The van der Waals surface area contributed by atoms with Gasteiger partial charge in [0.25, 0.3) is 0 Å². The van der Waals surface area contributed by atoms with Crippen LogP contribution in [0.5, 0.6) is 5.75 Å². The number of rotatable bonds is 3. The van der Waals surface area contributed by atoms with Crippen molar-refractivity contribution in [3.05, 3.63) is 29.8 Å². The molecule has 3 rings (SSSR count). The molecule has 1 heterocycles. The van der Waals surface area contributed by atoms with Crippen molar-refractivity contribution in [2.45, 2.75) is 44.2 Å². The second-order valence-corrected chi connectivity index (χ2v) is 5.92. The van der Waals surface area contributed by atoms with E-state index in [0.29, 0.717) is 6.54 Å². The van der Waals surface area contributed by atoms with Crippen molar-refractivity contribution >= 4 is 5.91 Å². The maximum atomic E-state index is 12.2. The van der Waals surface area contributed by atoms with Gasteiger partial charge in [-0.1, -0.05) is 24.6 Å². The van der Waals surface area contributed by atoms with Crippen molar-refractivity contribution in [2.24, 2.45) is 11.7 Å². The average molecular weight is 274 g/mol. The van der Waals surface area contributed by atoms with Crippen LogP contribution in [0.1, 0.15) is 31.2 Å². The van der Waals surface area contributed by atoms with Crippen LogP contribution in [0.3, 0.4) is 0 Å². The zero-order chi connectivity index (χ0) is 13.9. The Morgan fingerprint density at radius 1 is 1.35 bits per heavy atom. The fraction of sp³-hybridized carbons (Fsp3) is 0.562. The van der Waals surface area contributed by atoms with E-state index in [2.05, 4.69) is 11.4 Å². The summed E-state index contributed by atoms with van der Waals surface area (Å²) in [5.74, 6) is 1.17. The van der Waals surface area contributed by atoms with E-state index in [1.165, 1.54) is 5.56 Å². The number of carbonyl (C=O) groups is 1.